The van der Waals surface area contributed by atoms with Gasteiger partial charge in [0.15, 0.2) is 0 Å². The smallest absolute Gasteiger partial charge is 0.270 e. The van der Waals surface area contributed by atoms with Crippen LogP contribution in [0.5, 0.6) is 0 Å². The number of rotatable bonds is 6. The molecule has 0 aliphatic carbocycles. The van der Waals surface area contributed by atoms with Crippen molar-refractivity contribution in [2.75, 3.05) is 13.1 Å². The van der Waals surface area contributed by atoms with Crippen LogP contribution in [0.3, 0.4) is 0 Å². The zero-order valence-corrected chi connectivity index (χ0v) is 10.2. The first kappa shape index (κ1) is 12.9. The van der Waals surface area contributed by atoms with E-state index in [4.69, 9.17) is 5.73 Å². The molecule has 1 amide bonds. The first-order valence-electron chi connectivity index (χ1n) is 5.31. The second-order valence-corrected chi connectivity index (χ2v) is 4.22. The van der Waals surface area contributed by atoms with Crippen LogP contribution in [-0.4, -0.2) is 24.0 Å². The average molecular weight is 239 g/mol. The lowest BCUT2D eigenvalue weighted by Gasteiger charge is -1.99. The zero-order chi connectivity index (χ0) is 11.8. The summed E-state index contributed by atoms with van der Waals surface area (Å²) in [5.74, 6) is -0.107. The van der Waals surface area contributed by atoms with Gasteiger partial charge in [-0.15, -0.1) is 11.3 Å². The molecule has 0 atom stereocenters. The number of carbonyl (C=O) groups excluding carboxylic acids is 1. The summed E-state index contributed by atoms with van der Waals surface area (Å²) in [6.07, 6.45) is 5.56. The second-order valence-electron chi connectivity index (χ2n) is 3.28. The predicted octanol–water partition coefficient (Wildman–Crippen LogP) is 1.34. The van der Waals surface area contributed by atoms with Crippen LogP contribution in [0.15, 0.2) is 17.5 Å². The number of carbonyl (C=O) groups is 1. The van der Waals surface area contributed by atoms with Crippen molar-refractivity contribution in [3.05, 3.63) is 28.2 Å². The molecule has 5 heteroatoms. The van der Waals surface area contributed by atoms with Crippen molar-refractivity contribution in [1.82, 2.24) is 10.3 Å². The van der Waals surface area contributed by atoms with Crippen LogP contribution < -0.4 is 11.1 Å². The highest BCUT2D eigenvalue weighted by atomic mass is 32.1. The molecule has 4 nitrogen and oxygen atoms in total. The third-order valence-corrected chi connectivity index (χ3v) is 2.88. The first-order valence-corrected chi connectivity index (χ1v) is 6.19. The van der Waals surface area contributed by atoms with E-state index in [-0.39, 0.29) is 5.91 Å². The standard InChI is InChI=1S/C11H17N3OS/c1-2-3-4-7-13-11(15)9-8-16-10(14-9)5-6-12/h2-3,8H,4-7,12H2,1H3,(H,13,15)/b3-2+. The molecule has 0 bridgehead atoms. The van der Waals surface area contributed by atoms with E-state index in [2.05, 4.69) is 10.3 Å². The van der Waals surface area contributed by atoms with E-state index in [1.807, 2.05) is 19.1 Å². The summed E-state index contributed by atoms with van der Waals surface area (Å²) in [5, 5.41) is 5.50. The summed E-state index contributed by atoms with van der Waals surface area (Å²) in [4.78, 5) is 15.8. The van der Waals surface area contributed by atoms with E-state index in [1.165, 1.54) is 11.3 Å². The molecule has 0 aromatic carbocycles. The minimum Gasteiger partial charge on any atom is -0.350 e. The van der Waals surface area contributed by atoms with E-state index < -0.39 is 0 Å². The summed E-state index contributed by atoms with van der Waals surface area (Å²) in [6, 6.07) is 0. The minimum absolute atomic E-state index is 0.107. The molecule has 1 aromatic heterocycles. The van der Waals surface area contributed by atoms with Gasteiger partial charge in [-0.2, -0.15) is 0 Å². The Bertz CT molecular complexity index is 360. The van der Waals surface area contributed by atoms with Crippen molar-refractivity contribution in [3.8, 4) is 0 Å². The first-order chi connectivity index (χ1) is 7.77. The van der Waals surface area contributed by atoms with Crippen LogP contribution >= 0.6 is 11.3 Å². The molecular weight excluding hydrogens is 222 g/mol. The molecular formula is C11H17N3OS. The molecule has 0 saturated heterocycles. The van der Waals surface area contributed by atoms with Gasteiger partial charge in [-0.05, 0) is 19.9 Å². The van der Waals surface area contributed by atoms with Gasteiger partial charge < -0.3 is 11.1 Å². The normalized spacial score (nSPS) is 10.9. The maximum Gasteiger partial charge on any atom is 0.270 e. The highest BCUT2D eigenvalue weighted by Gasteiger charge is 2.08. The molecule has 0 aliphatic heterocycles. The van der Waals surface area contributed by atoms with Crippen molar-refractivity contribution >= 4 is 17.2 Å². The van der Waals surface area contributed by atoms with Crippen LogP contribution in [0.4, 0.5) is 0 Å². The molecule has 1 rings (SSSR count). The SMILES string of the molecule is C/C=C/CCNC(=O)c1csc(CCN)n1. The number of nitrogens with zero attached hydrogens (tertiary/aromatic N) is 1. The third-order valence-electron chi connectivity index (χ3n) is 1.97. The van der Waals surface area contributed by atoms with Crippen LogP contribution in [0.2, 0.25) is 0 Å². The fraction of sp³-hybridized carbons (Fsp3) is 0.455. The van der Waals surface area contributed by atoms with Crippen molar-refractivity contribution in [3.63, 3.8) is 0 Å². The number of amides is 1. The van der Waals surface area contributed by atoms with Crippen molar-refractivity contribution in [1.29, 1.82) is 0 Å². The third kappa shape index (κ3) is 4.12. The van der Waals surface area contributed by atoms with Crippen LogP contribution in [0.1, 0.15) is 28.8 Å². The van der Waals surface area contributed by atoms with Gasteiger partial charge in [-0.1, -0.05) is 12.2 Å². The van der Waals surface area contributed by atoms with E-state index >= 15 is 0 Å². The second kappa shape index (κ2) is 7.14. The number of aromatic nitrogens is 1. The zero-order valence-electron chi connectivity index (χ0n) is 9.40. The predicted molar refractivity (Wildman–Crippen MR) is 66.6 cm³/mol. The lowest BCUT2D eigenvalue weighted by molar-refractivity contribution is 0.0950. The van der Waals surface area contributed by atoms with Gasteiger partial charge in [-0.25, -0.2) is 4.98 Å². The number of thiazole rings is 1. The van der Waals surface area contributed by atoms with Crippen LogP contribution in [-0.2, 0) is 6.42 Å². The monoisotopic (exact) mass is 239 g/mol. The molecule has 0 fully saturated rings. The fourth-order valence-electron chi connectivity index (χ4n) is 1.18. The Balaban J connectivity index is 2.40. The highest BCUT2D eigenvalue weighted by Crippen LogP contribution is 2.09. The molecule has 88 valence electrons. The van der Waals surface area contributed by atoms with Gasteiger partial charge in [0.1, 0.15) is 5.69 Å². The summed E-state index contributed by atoms with van der Waals surface area (Å²) in [7, 11) is 0. The summed E-state index contributed by atoms with van der Waals surface area (Å²) < 4.78 is 0. The maximum absolute atomic E-state index is 11.6. The molecule has 3 N–H and O–H groups in total. The number of allylic oxidation sites excluding steroid dienone is 1. The van der Waals surface area contributed by atoms with Crippen molar-refractivity contribution in [2.24, 2.45) is 5.73 Å². The Kier molecular flexibility index (Phi) is 5.74. The molecule has 1 aromatic rings. The van der Waals surface area contributed by atoms with Gasteiger partial charge in [0, 0.05) is 18.3 Å². The van der Waals surface area contributed by atoms with Crippen molar-refractivity contribution in [2.45, 2.75) is 19.8 Å². The van der Waals surface area contributed by atoms with Crippen LogP contribution in [0.25, 0.3) is 0 Å². The maximum atomic E-state index is 11.6. The Labute approximate surface area is 99.6 Å². The molecule has 0 aliphatic rings. The Morgan fingerprint density at radius 3 is 3.19 bits per heavy atom. The lowest BCUT2D eigenvalue weighted by atomic mass is 10.3. The molecule has 0 unspecified atom stereocenters. The van der Waals surface area contributed by atoms with Gasteiger partial charge >= 0.3 is 0 Å². The van der Waals surface area contributed by atoms with E-state index in [0.717, 1.165) is 17.8 Å². The van der Waals surface area contributed by atoms with Gasteiger partial charge in [0.05, 0.1) is 5.01 Å². The molecule has 0 spiro atoms. The molecule has 16 heavy (non-hydrogen) atoms. The Hall–Kier alpha value is -1.20. The Morgan fingerprint density at radius 2 is 2.50 bits per heavy atom. The summed E-state index contributed by atoms with van der Waals surface area (Å²) in [6.45, 7) is 3.17. The van der Waals surface area contributed by atoms with E-state index in [1.54, 1.807) is 5.38 Å². The number of nitrogens with one attached hydrogen (secondary N) is 1. The number of hydrogen-bond acceptors (Lipinski definition) is 4. The fourth-order valence-corrected chi connectivity index (χ4v) is 1.97. The number of nitrogens with two attached hydrogens (primary N) is 1. The lowest BCUT2D eigenvalue weighted by Crippen LogP contribution is -2.24. The van der Waals surface area contributed by atoms with Gasteiger partial charge in [0.2, 0.25) is 0 Å². The number of hydrogen-bond donors (Lipinski definition) is 2. The quantitative estimate of drug-likeness (QED) is 0.581. The highest BCUT2D eigenvalue weighted by molar-refractivity contribution is 7.09. The summed E-state index contributed by atoms with van der Waals surface area (Å²) >= 11 is 1.48. The largest absolute Gasteiger partial charge is 0.350 e. The van der Waals surface area contributed by atoms with E-state index in [0.29, 0.717) is 18.8 Å². The van der Waals surface area contributed by atoms with Crippen molar-refractivity contribution < 1.29 is 4.79 Å². The van der Waals surface area contributed by atoms with E-state index in [9.17, 15) is 4.79 Å². The average Bonchev–Trinajstić information content (AvgIpc) is 2.73. The molecule has 0 saturated carbocycles. The van der Waals surface area contributed by atoms with Gasteiger partial charge in [0.25, 0.3) is 5.91 Å². The minimum atomic E-state index is -0.107. The Morgan fingerprint density at radius 1 is 1.69 bits per heavy atom. The molecule has 1 heterocycles. The topological polar surface area (TPSA) is 68.0 Å². The molecule has 0 radical (unpaired) electrons. The summed E-state index contributed by atoms with van der Waals surface area (Å²) in [5.41, 5.74) is 5.91. The van der Waals surface area contributed by atoms with Gasteiger partial charge in [-0.3, -0.25) is 4.79 Å². The van der Waals surface area contributed by atoms with Crippen LogP contribution in [0, 0.1) is 0 Å².